The zero-order valence-corrected chi connectivity index (χ0v) is 13.6. The number of nitrogens with two attached hydrogens (primary N) is 1. The molecular weight excluding hydrogens is 252 g/mol. The lowest BCUT2D eigenvalue weighted by Crippen LogP contribution is -2.45. The number of likely N-dealkylation sites (N-methyl/N-ethyl adjacent to an activating group) is 2. The summed E-state index contributed by atoms with van der Waals surface area (Å²) < 4.78 is 0. The minimum atomic E-state index is -0.0198. The zero-order chi connectivity index (χ0) is 15.1. The molecule has 118 valence electrons. The van der Waals surface area contributed by atoms with Crippen LogP contribution in [0, 0.1) is 5.92 Å². The van der Waals surface area contributed by atoms with Gasteiger partial charge in [-0.25, -0.2) is 0 Å². The van der Waals surface area contributed by atoms with Crippen LogP contribution in [0.3, 0.4) is 0 Å². The summed E-state index contributed by atoms with van der Waals surface area (Å²) in [7, 11) is 6.25. The van der Waals surface area contributed by atoms with E-state index in [4.69, 9.17) is 5.73 Å². The van der Waals surface area contributed by atoms with Gasteiger partial charge in [0.2, 0.25) is 5.91 Å². The summed E-state index contributed by atoms with van der Waals surface area (Å²) in [6.07, 6.45) is 3.28. The number of carbonyl (C=O) groups is 1. The average molecular weight is 284 g/mol. The molecule has 2 N–H and O–H groups in total. The van der Waals surface area contributed by atoms with Gasteiger partial charge in [-0.2, -0.15) is 0 Å². The second-order valence-electron chi connectivity index (χ2n) is 6.12. The topological polar surface area (TPSA) is 52.8 Å². The van der Waals surface area contributed by atoms with Crippen molar-refractivity contribution in [2.75, 3.05) is 53.9 Å². The SMILES string of the molecule is CCC(CN)C(=O)N(C)CCN(C)C1CCN(C)CC1. The van der Waals surface area contributed by atoms with Gasteiger partial charge >= 0.3 is 0 Å². The van der Waals surface area contributed by atoms with Crippen molar-refractivity contribution >= 4 is 5.91 Å². The highest BCUT2D eigenvalue weighted by molar-refractivity contribution is 5.78. The fraction of sp³-hybridized carbons (Fsp3) is 0.933. The maximum Gasteiger partial charge on any atom is 0.226 e. The van der Waals surface area contributed by atoms with Crippen LogP contribution in [-0.2, 0) is 4.79 Å². The molecular formula is C15H32N4O. The Morgan fingerprint density at radius 1 is 1.30 bits per heavy atom. The highest BCUT2D eigenvalue weighted by Crippen LogP contribution is 2.14. The highest BCUT2D eigenvalue weighted by atomic mass is 16.2. The van der Waals surface area contributed by atoms with E-state index < -0.39 is 0 Å². The standard InChI is InChI=1S/C15H32N4O/c1-5-13(12-16)15(20)19(4)11-10-18(3)14-6-8-17(2)9-7-14/h13-14H,5-12,16H2,1-4H3. The Balaban J connectivity index is 2.32. The molecule has 5 heteroatoms. The van der Waals surface area contributed by atoms with Gasteiger partial charge in [-0.15, -0.1) is 0 Å². The number of hydrogen-bond donors (Lipinski definition) is 1. The number of amides is 1. The molecule has 1 amide bonds. The summed E-state index contributed by atoms with van der Waals surface area (Å²) >= 11 is 0. The van der Waals surface area contributed by atoms with Crippen molar-refractivity contribution in [2.45, 2.75) is 32.2 Å². The fourth-order valence-corrected chi connectivity index (χ4v) is 2.79. The maximum atomic E-state index is 12.2. The van der Waals surface area contributed by atoms with Crippen molar-refractivity contribution < 1.29 is 4.79 Å². The Hall–Kier alpha value is -0.650. The van der Waals surface area contributed by atoms with Crippen molar-refractivity contribution in [1.29, 1.82) is 0 Å². The predicted octanol–water partition coefficient (Wildman–Crippen LogP) is 0.456. The van der Waals surface area contributed by atoms with Crippen LogP contribution in [0.15, 0.2) is 0 Å². The summed E-state index contributed by atoms with van der Waals surface area (Å²) in [5, 5.41) is 0. The molecule has 0 radical (unpaired) electrons. The number of piperidine rings is 1. The molecule has 1 rings (SSSR count). The largest absolute Gasteiger partial charge is 0.344 e. The van der Waals surface area contributed by atoms with Gasteiger partial charge in [-0.1, -0.05) is 6.92 Å². The Morgan fingerprint density at radius 3 is 2.40 bits per heavy atom. The molecule has 0 aromatic heterocycles. The van der Waals surface area contributed by atoms with Crippen LogP contribution in [0.25, 0.3) is 0 Å². The molecule has 1 aliphatic heterocycles. The van der Waals surface area contributed by atoms with Gasteiger partial charge < -0.3 is 20.4 Å². The van der Waals surface area contributed by atoms with Gasteiger partial charge in [0.05, 0.1) is 5.92 Å². The molecule has 5 nitrogen and oxygen atoms in total. The Labute approximate surface area is 124 Å². The first kappa shape index (κ1) is 17.4. The van der Waals surface area contributed by atoms with E-state index in [0.717, 1.165) is 19.5 Å². The van der Waals surface area contributed by atoms with E-state index >= 15 is 0 Å². The molecule has 1 heterocycles. The Morgan fingerprint density at radius 2 is 1.90 bits per heavy atom. The van der Waals surface area contributed by atoms with Gasteiger partial charge in [-0.3, -0.25) is 4.79 Å². The Bertz CT molecular complexity index is 286. The lowest BCUT2D eigenvalue weighted by Gasteiger charge is -2.36. The monoisotopic (exact) mass is 284 g/mol. The average Bonchev–Trinajstić information content (AvgIpc) is 2.46. The molecule has 1 aliphatic rings. The fourth-order valence-electron chi connectivity index (χ4n) is 2.79. The third-order valence-corrected chi connectivity index (χ3v) is 4.60. The summed E-state index contributed by atoms with van der Waals surface area (Å²) in [6, 6.07) is 0.659. The minimum absolute atomic E-state index is 0.0198. The third kappa shape index (κ3) is 5.04. The molecule has 1 fully saturated rings. The third-order valence-electron chi connectivity index (χ3n) is 4.60. The van der Waals surface area contributed by atoms with E-state index in [1.165, 1.54) is 25.9 Å². The molecule has 0 aliphatic carbocycles. The second kappa shape index (κ2) is 8.60. The maximum absolute atomic E-state index is 12.2. The highest BCUT2D eigenvalue weighted by Gasteiger charge is 2.22. The first-order valence-corrected chi connectivity index (χ1v) is 7.83. The Kier molecular flexibility index (Phi) is 7.48. The van der Waals surface area contributed by atoms with E-state index in [1.807, 2.05) is 18.9 Å². The van der Waals surface area contributed by atoms with E-state index in [-0.39, 0.29) is 11.8 Å². The van der Waals surface area contributed by atoms with E-state index in [1.54, 1.807) is 0 Å². The summed E-state index contributed by atoms with van der Waals surface area (Å²) in [6.45, 7) is 6.55. The van der Waals surface area contributed by atoms with Crippen LogP contribution in [0.2, 0.25) is 0 Å². The van der Waals surface area contributed by atoms with Crippen LogP contribution >= 0.6 is 0 Å². The molecule has 1 unspecified atom stereocenters. The number of nitrogens with zero attached hydrogens (tertiary/aromatic N) is 3. The first-order valence-electron chi connectivity index (χ1n) is 7.83. The van der Waals surface area contributed by atoms with Gasteiger partial charge in [0.25, 0.3) is 0 Å². The lowest BCUT2D eigenvalue weighted by atomic mass is 10.0. The van der Waals surface area contributed by atoms with Crippen LogP contribution in [-0.4, -0.2) is 80.5 Å². The van der Waals surface area contributed by atoms with Crippen molar-refractivity contribution in [3.8, 4) is 0 Å². The van der Waals surface area contributed by atoms with Crippen LogP contribution in [0.5, 0.6) is 0 Å². The van der Waals surface area contributed by atoms with Crippen LogP contribution in [0.1, 0.15) is 26.2 Å². The van der Waals surface area contributed by atoms with Crippen molar-refractivity contribution in [2.24, 2.45) is 11.7 Å². The number of hydrogen-bond acceptors (Lipinski definition) is 4. The number of likely N-dealkylation sites (tertiary alicyclic amines) is 1. The second-order valence-corrected chi connectivity index (χ2v) is 6.12. The summed E-state index contributed by atoms with van der Waals surface area (Å²) in [5.41, 5.74) is 5.65. The van der Waals surface area contributed by atoms with Crippen molar-refractivity contribution in [3.05, 3.63) is 0 Å². The molecule has 0 spiro atoms. The van der Waals surface area contributed by atoms with Gasteiger partial charge in [-0.05, 0) is 46.4 Å². The van der Waals surface area contributed by atoms with Crippen molar-refractivity contribution in [3.63, 3.8) is 0 Å². The predicted molar refractivity (Wildman–Crippen MR) is 83.6 cm³/mol. The number of carbonyl (C=O) groups excluding carboxylic acids is 1. The normalized spacial score (nSPS) is 19.3. The van der Waals surface area contributed by atoms with E-state index in [9.17, 15) is 4.79 Å². The zero-order valence-electron chi connectivity index (χ0n) is 13.6. The minimum Gasteiger partial charge on any atom is -0.344 e. The van der Waals surface area contributed by atoms with Gasteiger partial charge in [0, 0.05) is 32.7 Å². The molecule has 0 bridgehead atoms. The lowest BCUT2D eigenvalue weighted by molar-refractivity contribution is -0.134. The van der Waals surface area contributed by atoms with Crippen molar-refractivity contribution in [1.82, 2.24) is 14.7 Å². The molecule has 20 heavy (non-hydrogen) atoms. The molecule has 1 atom stereocenters. The summed E-state index contributed by atoms with van der Waals surface area (Å²) in [4.78, 5) is 18.8. The smallest absolute Gasteiger partial charge is 0.226 e. The summed E-state index contributed by atoms with van der Waals surface area (Å²) in [5.74, 6) is 0.167. The molecule has 0 saturated carbocycles. The molecule has 1 saturated heterocycles. The first-order chi connectivity index (χ1) is 9.49. The molecule has 0 aromatic rings. The van der Waals surface area contributed by atoms with E-state index in [2.05, 4.69) is 23.9 Å². The van der Waals surface area contributed by atoms with Crippen LogP contribution in [0.4, 0.5) is 0 Å². The quantitative estimate of drug-likeness (QED) is 0.738. The van der Waals surface area contributed by atoms with Gasteiger partial charge in [0.15, 0.2) is 0 Å². The number of rotatable bonds is 7. The van der Waals surface area contributed by atoms with E-state index in [0.29, 0.717) is 12.6 Å². The van der Waals surface area contributed by atoms with Gasteiger partial charge in [0.1, 0.15) is 0 Å². The molecule has 0 aromatic carbocycles. The van der Waals surface area contributed by atoms with Crippen LogP contribution < -0.4 is 5.73 Å².